The number of aromatic nitrogens is 1. The topological polar surface area (TPSA) is 38.9 Å². The van der Waals surface area contributed by atoms with Crippen molar-refractivity contribution in [3.63, 3.8) is 0 Å². The SMILES string of the molecule is Bc1cccc(C(N)CC)n1. The molecule has 0 bridgehead atoms. The van der Waals surface area contributed by atoms with Gasteiger partial charge in [0.1, 0.15) is 0 Å². The zero-order valence-electron chi connectivity index (χ0n) is 7.04. The first-order valence-electron chi connectivity index (χ1n) is 3.93. The predicted molar refractivity (Wildman–Crippen MR) is 49.6 cm³/mol. The molecule has 1 atom stereocenters. The average Bonchev–Trinajstić information content (AvgIpc) is 2.03. The van der Waals surface area contributed by atoms with Crippen LogP contribution in [-0.2, 0) is 0 Å². The second-order valence-electron chi connectivity index (χ2n) is 2.72. The van der Waals surface area contributed by atoms with E-state index in [0.29, 0.717) is 0 Å². The van der Waals surface area contributed by atoms with Gasteiger partial charge in [0, 0.05) is 6.04 Å². The van der Waals surface area contributed by atoms with Crippen molar-refractivity contribution in [2.75, 3.05) is 0 Å². The van der Waals surface area contributed by atoms with E-state index in [4.69, 9.17) is 5.73 Å². The third kappa shape index (κ3) is 2.05. The van der Waals surface area contributed by atoms with E-state index < -0.39 is 0 Å². The largest absolute Gasteiger partial charge is 0.323 e. The smallest absolute Gasteiger partial charge is 0.163 e. The molecule has 0 fully saturated rings. The molecule has 2 nitrogen and oxygen atoms in total. The van der Waals surface area contributed by atoms with Crippen molar-refractivity contribution < 1.29 is 0 Å². The van der Waals surface area contributed by atoms with Gasteiger partial charge in [-0.3, -0.25) is 4.98 Å². The number of nitrogens with zero attached hydrogens (tertiary/aromatic N) is 1. The van der Waals surface area contributed by atoms with Crippen LogP contribution in [0.4, 0.5) is 0 Å². The fourth-order valence-electron chi connectivity index (χ4n) is 0.980. The first-order chi connectivity index (χ1) is 5.24. The maximum Gasteiger partial charge on any atom is 0.163 e. The van der Waals surface area contributed by atoms with Crippen molar-refractivity contribution in [2.45, 2.75) is 19.4 Å². The van der Waals surface area contributed by atoms with Gasteiger partial charge in [0.25, 0.3) is 0 Å². The standard InChI is InChI=1S/C8H13BN2/c1-2-6(10)7-4-3-5-8(9)11-7/h3-6H,2,9-10H2,1H3. The van der Waals surface area contributed by atoms with Crippen LogP contribution in [0.1, 0.15) is 25.1 Å². The first kappa shape index (κ1) is 8.27. The fraction of sp³-hybridized carbons (Fsp3) is 0.375. The summed E-state index contributed by atoms with van der Waals surface area (Å²) < 4.78 is 0. The molecule has 0 spiro atoms. The second-order valence-corrected chi connectivity index (χ2v) is 2.72. The minimum absolute atomic E-state index is 0.0925. The van der Waals surface area contributed by atoms with Gasteiger partial charge in [-0.25, -0.2) is 0 Å². The zero-order valence-corrected chi connectivity index (χ0v) is 7.04. The highest BCUT2D eigenvalue weighted by Gasteiger charge is 2.02. The van der Waals surface area contributed by atoms with Crippen molar-refractivity contribution in [3.05, 3.63) is 23.9 Å². The van der Waals surface area contributed by atoms with Gasteiger partial charge in [0.05, 0.1) is 5.69 Å². The molecule has 3 heteroatoms. The zero-order chi connectivity index (χ0) is 8.27. The summed E-state index contributed by atoms with van der Waals surface area (Å²) in [5.41, 5.74) is 7.83. The Morgan fingerprint density at radius 2 is 2.36 bits per heavy atom. The van der Waals surface area contributed by atoms with Crippen LogP contribution in [0.15, 0.2) is 18.2 Å². The molecule has 0 amide bonds. The van der Waals surface area contributed by atoms with Crippen LogP contribution in [0.2, 0.25) is 0 Å². The minimum Gasteiger partial charge on any atom is -0.323 e. The molecule has 0 aromatic carbocycles. The second kappa shape index (κ2) is 3.53. The van der Waals surface area contributed by atoms with Gasteiger partial charge in [-0.15, -0.1) is 0 Å². The summed E-state index contributed by atoms with van der Waals surface area (Å²) in [4.78, 5) is 4.32. The van der Waals surface area contributed by atoms with Crippen LogP contribution in [0.25, 0.3) is 0 Å². The summed E-state index contributed by atoms with van der Waals surface area (Å²) in [5.74, 6) is 0. The number of hydrogen-bond acceptors (Lipinski definition) is 2. The average molecular weight is 148 g/mol. The quantitative estimate of drug-likeness (QED) is 0.587. The van der Waals surface area contributed by atoms with Gasteiger partial charge in [-0.2, -0.15) is 0 Å². The Bertz CT molecular complexity index is 237. The van der Waals surface area contributed by atoms with Crippen molar-refractivity contribution in [1.29, 1.82) is 0 Å². The summed E-state index contributed by atoms with van der Waals surface area (Å²) in [6.07, 6.45) is 0.941. The van der Waals surface area contributed by atoms with E-state index in [1.807, 2.05) is 26.0 Å². The molecule has 1 heterocycles. The molecule has 0 saturated carbocycles. The molecule has 0 radical (unpaired) electrons. The van der Waals surface area contributed by atoms with Gasteiger partial charge in [-0.05, 0) is 18.1 Å². The Labute approximate surface area is 68.2 Å². The van der Waals surface area contributed by atoms with E-state index in [-0.39, 0.29) is 6.04 Å². The van der Waals surface area contributed by atoms with Crippen LogP contribution < -0.4 is 11.3 Å². The highest BCUT2D eigenvalue weighted by Crippen LogP contribution is 2.07. The van der Waals surface area contributed by atoms with E-state index in [0.717, 1.165) is 17.7 Å². The summed E-state index contributed by atoms with van der Waals surface area (Å²) in [6, 6.07) is 6.04. The van der Waals surface area contributed by atoms with Crippen molar-refractivity contribution in [2.24, 2.45) is 5.73 Å². The third-order valence-corrected chi connectivity index (χ3v) is 1.73. The Kier molecular flexibility index (Phi) is 2.66. The number of rotatable bonds is 2. The molecule has 1 aromatic rings. The van der Waals surface area contributed by atoms with Crippen molar-refractivity contribution in [3.8, 4) is 0 Å². The number of hydrogen-bond donors (Lipinski definition) is 1. The Balaban J connectivity index is 2.86. The number of pyridine rings is 1. The molecule has 0 aliphatic rings. The molecule has 1 unspecified atom stereocenters. The first-order valence-corrected chi connectivity index (χ1v) is 3.93. The van der Waals surface area contributed by atoms with Gasteiger partial charge in [0.15, 0.2) is 7.85 Å². The Morgan fingerprint density at radius 1 is 1.64 bits per heavy atom. The number of nitrogens with two attached hydrogens (primary N) is 1. The molecular formula is C8H13BN2. The van der Waals surface area contributed by atoms with Crippen LogP contribution in [0.5, 0.6) is 0 Å². The lowest BCUT2D eigenvalue weighted by Gasteiger charge is -2.07. The lowest BCUT2D eigenvalue weighted by molar-refractivity contribution is 0.678. The molecule has 0 aliphatic carbocycles. The van der Waals surface area contributed by atoms with Crippen molar-refractivity contribution >= 4 is 13.4 Å². The lowest BCUT2D eigenvalue weighted by atomic mass is 10.0. The van der Waals surface area contributed by atoms with E-state index in [1.165, 1.54) is 0 Å². The van der Waals surface area contributed by atoms with Crippen molar-refractivity contribution in [1.82, 2.24) is 4.98 Å². The molecule has 0 aliphatic heterocycles. The van der Waals surface area contributed by atoms with Gasteiger partial charge in [-0.1, -0.05) is 19.1 Å². The van der Waals surface area contributed by atoms with Gasteiger partial charge in [0.2, 0.25) is 0 Å². The van der Waals surface area contributed by atoms with E-state index in [2.05, 4.69) is 11.9 Å². The molecule has 58 valence electrons. The van der Waals surface area contributed by atoms with Gasteiger partial charge < -0.3 is 5.73 Å². The van der Waals surface area contributed by atoms with E-state index in [9.17, 15) is 0 Å². The van der Waals surface area contributed by atoms with Crippen LogP contribution in [0.3, 0.4) is 0 Å². The highest BCUT2D eigenvalue weighted by atomic mass is 14.8. The van der Waals surface area contributed by atoms with Crippen LogP contribution in [0, 0.1) is 0 Å². The molecular weight excluding hydrogens is 135 g/mol. The molecule has 2 N–H and O–H groups in total. The fourth-order valence-corrected chi connectivity index (χ4v) is 0.980. The van der Waals surface area contributed by atoms with E-state index in [1.54, 1.807) is 0 Å². The van der Waals surface area contributed by atoms with E-state index >= 15 is 0 Å². The monoisotopic (exact) mass is 148 g/mol. The minimum atomic E-state index is 0.0925. The summed E-state index contributed by atoms with van der Waals surface area (Å²) in [5, 5.41) is 0. The molecule has 1 rings (SSSR count). The predicted octanol–water partition coefficient (Wildman–Crippen LogP) is -0.250. The van der Waals surface area contributed by atoms with Crippen LogP contribution in [-0.4, -0.2) is 12.8 Å². The normalized spacial score (nSPS) is 12.9. The lowest BCUT2D eigenvalue weighted by Crippen LogP contribution is -2.16. The summed E-state index contributed by atoms with van der Waals surface area (Å²) in [7, 11) is 1.98. The van der Waals surface area contributed by atoms with Crippen LogP contribution >= 0.6 is 0 Å². The maximum atomic E-state index is 5.80. The maximum absolute atomic E-state index is 5.80. The molecule has 0 saturated heterocycles. The van der Waals surface area contributed by atoms with Gasteiger partial charge >= 0.3 is 0 Å². The summed E-state index contributed by atoms with van der Waals surface area (Å²) in [6.45, 7) is 2.06. The highest BCUT2D eigenvalue weighted by molar-refractivity contribution is 6.30. The Morgan fingerprint density at radius 3 is 2.91 bits per heavy atom. The Hall–Kier alpha value is -0.825. The molecule has 1 aromatic heterocycles. The molecule has 11 heavy (non-hydrogen) atoms. The third-order valence-electron chi connectivity index (χ3n) is 1.73. The summed E-state index contributed by atoms with van der Waals surface area (Å²) >= 11 is 0.